The third kappa shape index (κ3) is 6.34. The third-order valence-electron chi connectivity index (χ3n) is 4.73. The molecule has 6 heteroatoms. The second kappa shape index (κ2) is 10.1. The van der Waals surface area contributed by atoms with Crippen LogP contribution >= 0.6 is 0 Å². The lowest BCUT2D eigenvalue weighted by molar-refractivity contribution is 0.0621. The first kappa shape index (κ1) is 20.9. The predicted molar refractivity (Wildman–Crippen MR) is 110 cm³/mol. The summed E-state index contributed by atoms with van der Waals surface area (Å²) in [6, 6.07) is 17.8. The van der Waals surface area contributed by atoms with Gasteiger partial charge in [0.1, 0.15) is 30.0 Å². The summed E-state index contributed by atoms with van der Waals surface area (Å²) in [5, 5.41) is 10.5. The van der Waals surface area contributed by atoms with E-state index in [2.05, 4.69) is 15.5 Å². The van der Waals surface area contributed by atoms with Crippen molar-refractivity contribution < 1.29 is 19.0 Å². The zero-order valence-electron chi connectivity index (χ0n) is 16.8. The van der Waals surface area contributed by atoms with Crippen LogP contribution in [0.15, 0.2) is 66.9 Å². The van der Waals surface area contributed by atoms with Gasteiger partial charge in [-0.3, -0.25) is 4.90 Å². The average Bonchev–Trinajstić information content (AvgIpc) is 3.13. The van der Waals surface area contributed by atoms with E-state index >= 15 is 0 Å². The molecule has 0 saturated heterocycles. The van der Waals surface area contributed by atoms with Crippen LogP contribution in [0.3, 0.4) is 0 Å². The second-order valence-electron chi connectivity index (χ2n) is 7.05. The molecule has 0 fully saturated rings. The molecule has 1 N–H and O–H groups in total. The van der Waals surface area contributed by atoms with Gasteiger partial charge in [-0.05, 0) is 54.1 Å². The minimum atomic E-state index is -0.669. The minimum Gasteiger partial charge on any atom is -0.497 e. The largest absolute Gasteiger partial charge is 0.497 e. The fourth-order valence-electron chi connectivity index (χ4n) is 3.14. The van der Waals surface area contributed by atoms with Crippen molar-refractivity contribution in [3.8, 4) is 11.5 Å². The van der Waals surface area contributed by atoms with Gasteiger partial charge < -0.3 is 19.1 Å². The smallest absolute Gasteiger partial charge is 0.123 e. The van der Waals surface area contributed by atoms with Crippen molar-refractivity contribution in [1.82, 2.24) is 9.47 Å². The first-order valence-corrected chi connectivity index (χ1v) is 9.55. The number of aliphatic hydroxyl groups is 1. The number of aromatic nitrogens is 1. The molecule has 0 spiro atoms. The van der Waals surface area contributed by atoms with E-state index in [1.165, 1.54) is 12.1 Å². The van der Waals surface area contributed by atoms with Crippen molar-refractivity contribution in [2.24, 2.45) is 7.05 Å². The number of aliphatic hydroxyl groups excluding tert-OH is 1. The summed E-state index contributed by atoms with van der Waals surface area (Å²) in [6.45, 7) is 1.88. The van der Waals surface area contributed by atoms with Gasteiger partial charge in [0, 0.05) is 38.6 Å². The van der Waals surface area contributed by atoms with Crippen LogP contribution in [0.4, 0.5) is 4.39 Å². The summed E-state index contributed by atoms with van der Waals surface area (Å²) in [5.41, 5.74) is 2.12. The second-order valence-corrected chi connectivity index (χ2v) is 7.05. The first-order chi connectivity index (χ1) is 14.0. The maximum atomic E-state index is 13.2. The van der Waals surface area contributed by atoms with Crippen molar-refractivity contribution in [1.29, 1.82) is 0 Å². The van der Waals surface area contributed by atoms with Crippen LogP contribution in [0.2, 0.25) is 0 Å². The van der Waals surface area contributed by atoms with Gasteiger partial charge in [0.2, 0.25) is 0 Å². The van der Waals surface area contributed by atoms with Gasteiger partial charge in [0.05, 0.1) is 7.11 Å². The quantitative estimate of drug-likeness (QED) is 0.567. The predicted octanol–water partition coefficient (Wildman–Crippen LogP) is 3.61. The van der Waals surface area contributed by atoms with Crippen molar-refractivity contribution in [2.45, 2.75) is 19.2 Å². The summed E-state index contributed by atoms with van der Waals surface area (Å²) in [5.74, 6) is 1.18. The number of aryl methyl sites for hydroxylation is 1. The molecule has 1 atom stereocenters. The van der Waals surface area contributed by atoms with Crippen molar-refractivity contribution >= 4 is 0 Å². The van der Waals surface area contributed by atoms with Gasteiger partial charge in [-0.15, -0.1) is 0 Å². The first-order valence-electron chi connectivity index (χ1n) is 9.55. The Morgan fingerprint density at radius 2 is 1.69 bits per heavy atom. The van der Waals surface area contributed by atoms with Crippen LogP contribution in [0.1, 0.15) is 11.3 Å². The number of rotatable bonds is 10. The summed E-state index contributed by atoms with van der Waals surface area (Å²) >= 11 is 0. The molecule has 0 aliphatic heterocycles. The molecular formula is C23H27FN2O3. The monoisotopic (exact) mass is 398 g/mol. The Morgan fingerprint density at radius 3 is 2.31 bits per heavy atom. The maximum Gasteiger partial charge on any atom is 0.123 e. The van der Waals surface area contributed by atoms with Crippen LogP contribution in [-0.4, -0.2) is 40.9 Å². The standard InChI is InChI=1S/C23H27FN2O3/c1-25-13-3-4-20(25)15-26(14-18-5-7-19(24)8-6-18)16-21(27)17-29-23-11-9-22(28-2)10-12-23/h3-13,21,27H,14-17H2,1-2H3/t21-/m0/s1. The zero-order valence-corrected chi connectivity index (χ0v) is 16.8. The SMILES string of the molecule is COc1ccc(OC[C@@H](O)CN(Cc2ccc(F)cc2)Cc2cccn2C)cc1. The summed E-state index contributed by atoms with van der Waals surface area (Å²) in [7, 11) is 3.61. The number of ether oxygens (including phenoxy) is 2. The third-order valence-corrected chi connectivity index (χ3v) is 4.73. The topological polar surface area (TPSA) is 46.9 Å². The van der Waals surface area contributed by atoms with E-state index < -0.39 is 6.10 Å². The normalized spacial score (nSPS) is 12.2. The van der Waals surface area contributed by atoms with E-state index in [4.69, 9.17) is 9.47 Å². The van der Waals surface area contributed by atoms with Gasteiger partial charge in [-0.2, -0.15) is 0 Å². The van der Waals surface area contributed by atoms with Crippen molar-refractivity contribution in [3.05, 3.63) is 83.9 Å². The summed E-state index contributed by atoms with van der Waals surface area (Å²) in [6.07, 6.45) is 1.33. The molecule has 5 nitrogen and oxygen atoms in total. The molecule has 0 aliphatic carbocycles. The molecule has 0 saturated carbocycles. The molecular weight excluding hydrogens is 371 g/mol. The number of nitrogens with zero attached hydrogens (tertiary/aromatic N) is 2. The number of benzene rings is 2. The van der Waals surface area contributed by atoms with Crippen LogP contribution in [-0.2, 0) is 20.1 Å². The molecule has 3 rings (SSSR count). The molecule has 3 aromatic rings. The number of hydrogen-bond acceptors (Lipinski definition) is 4. The van der Waals surface area contributed by atoms with Crippen LogP contribution in [0, 0.1) is 5.82 Å². The Hall–Kier alpha value is -2.83. The van der Waals surface area contributed by atoms with E-state index in [0.29, 0.717) is 25.4 Å². The van der Waals surface area contributed by atoms with E-state index in [1.807, 2.05) is 43.6 Å². The zero-order chi connectivity index (χ0) is 20.6. The Morgan fingerprint density at radius 1 is 1.00 bits per heavy atom. The van der Waals surface area contributed by atoms with E-state index in [9.17, 15) is 9.50 Å². The fourth-order valence-corrected chi connectivity index (χ4v) is 3.14. The maximum absolute atomic E-state index is 13.2. The highest BCUT2D eigenvalue weighted by molar-refractivity contribution is 5.31. The molecule has 0 amide bonds. The number of methoxy groups -OCH3 is 1. The molecule has 29 heavy (non-hydrogen) atoms. The van der Waals surface area contributed by atoms with E-state index in [0.717, 1.165) is 17.0 Å². The molecule has 0 aliphatic rings. The fraction of sp³-hybridized carbons (Fsp3) is 0.304. The molecule has 1 heterocycles. The summed E-state index contributed by atoms with van der Waals surface area (Å²) in [4.78, 5) is 2.13. The van der Waals surface area contributed by atoms with Gasteiger partial charge >= 0.3 is 0 Å². The Balaban J connectivity index is 1.61. The Bertz CT molecular complexity index is 878. The van der Waals surface area contributed by atoms with Gasteiger partial charge in [0.15, 0.2) is 0 Å². The van der Waals surface area contributed by atoms with E-state index in [1.54, 1.807) is 19.2 Å². The van der Waals surface area contributed by atoms with Crippen LogP contribution in [0.25, 0.3) is 0 Å². The number of halogens is 1. The highest BCUT2D eigenvalue weighted by Gasteiger charge is 2.15. The van der Waals surface area contributed by atoms with Crippen LogP contribution < -0.4 is 9.47 Å². The van der Waals surface area contributed by atoms with Crippen LogP contribution in [0.5, 0.6) is 11.5 Å². The van der Waals surface area contributed by atoms with Gasteiger partial charge in [0.25, 0.3) is 0 Å². The van der Waals surface area contributed by atoms with Crippen molar-refractivity contribution in [3.63, 3.8) is 0 Å². The average molecular weight is 398 g/mol. The Kier molecular flexibility index (Phi) is 7.27. The molecule has 2 aromatic carbocycles. The Labute approximate surface area is 170 Å². The highest BCUT2D eigenvalue weighted by atomic mass is 19.1. The van der Waals surface area contributed by atoms with Gasteiger partial charge in [-0.25, -0.2) is 4.39 Å². The summed E-state index contributed by atoms with van der Waals surface area (Å²) < 4.78 is 26.1. The lowest BCUT2D eigenvalue weighted by Crippen LogP contribution is -2.35. The molecule has 0 radical (unpaired) electrons. The lowest BCUT2D eigenvalue weighted by Gasteiger charge is -2.25. The van der Waals surface area contributed by atoms with Gasteiger partial charge in [-0.1, -0.05) is 12.1 Å². The molecule has 1 aromatic heterocycles. The lowest BCUT2D eigenvalue weighted by atomic mass is 10.2. The molecule has 0 bridgehead atoms. The molecule has 154 valence electrons. The highest BCUT2D eigenvalue weighted by Crippen LogP contribution is 2.17. The minimum absolute atomic E-state index is 0.180. The molecule has 0 unspecified atom stereocenters. The van der Waals surface area contributed by atoms with E-state index in [-0.39, 0.29) is 12.4 Å². The number of hydrogen-bond donors (Lipinski definition) is 1. The van der Waals surface area contributed by atoms with Crippen molar-refractivity contribution in [2.75, 3.05) is 20.3 Å².